The van der Waals surface area contributed by atoms with E-state index < -0.39 is 0 Å². The van der Waals surface area contributed by atoms with Crippen molar-refractivity contribution < 1.29 is 0 Å². The van der Waals surface area contributed by atoms with Gasteiger partial charge in [0.1, 0.15) is 0 Å². The molecule has 0 aromatic rings. The summed E-state index contributed by atoms with van der Waals surface area (Å²) in [6.07, 6.45) is 14.4. The van der Waals surface area contributed by atoms with E-state index in [1.807, 2.05) is 0 Å². The zero-order valence-electron chi connectivity index (χ0n) is 13.9. The molecular weight excluding hydrogens is 258 g/mol. The Labute approximate surface area is 131 Å². The maximum Gasteiger partial charge on any atom is 0.0235 e. The van der Waals surface area contributed by atoms with Crippen LogP contribution >= 0.6 is 0 Å². The summed E-state index contributed by atoms with van der Waals surface area (Å²) in [5.74, 6) is 0. The van der Waals surface area contributed by atoms with Gasteiger partial charge in [-0.2, -0.15) is 0 Å². The average Bonchev–Trinajstić information content (AvgIpc) is 2.84. The van der Waals surface area contributed by atoms with Crippen molar-refractivity contribution in [3.63, 3.8) is 0 Å². The Balaban J connectivity index is 1.31. The zero-order valence-corrected chi connectivity index (χ0v) is 13.9. The minimum absolute atomic E-state index is 0.813. The van der Waals surface area contributed by atoms with Crippen molar-refractivity contribution in [3.05, 3.63) is 0 Å². The smallest absolute Gasteiger partial charge is 0.0235 e. The van der Waals surface area contributed by atoms with Gasteiger partial charge in [-0.05, 0) is 51.7 Å². The van der Waals surface area contributed by atoms with Gasteiger partial charge in [0.25, 0.3) is 0 Å². The maximum absolute atomic E-state index is 3.83. The largest absolute Gasteiger partial charge is 0.313 e. The molecule has 0 spiro atoms. The first-order valence-electron chi connectivity index (χ1n) is 9.61. The van der Waals surface area contributed by atoms with E-state index in [9.17, 15) is 0 Å². The first kappa shape index (κ1) is 15.8. The van der Waals surface area contributed by atoms with Crippen LogP contribution in [0.25, 0.3) is 0 Å². The molecular formula is C18H35N3. The van der Waals surface area contributed by atoms with Gasteiger partial charge in [0.15, 0.2) is 0 Å². The van der Waals surface area contributed by atoms with Gasteiger partial charge in [-0.25, -0.2) is 0 Å². The van der Waals surface area contributed by atoms with E-state index in [0.29, 0.717) is 0 Å². The van der Waals surface area contributed by atoms with Gasteiger partial charge >= 0.3 is 0 Å². The molecule has 3 rings (SSSR count). The molecule has 1 saturated carbocycles. The lowest BCUT2D eigenvalue weighted by Crippen LogP contribution is -2.42. The second-order valence-electron chi connectivity index (χ2n) is 7.48. The van der Waals surface area contributed by atoms with E-state index >= 15 is 0 Å². The quantitative estimate of drug-likeness (QED) is 0.786. The third-order valence-corrected chi connectivity index (χ3v) is 5.87. The molecule has 2 aliphatic heterocycles. The Bertz CT molecular complexity index is 280. The molecule has 1 aliphatic carbocycles. The highest BCUT2D eigenvalue weighted by Gasteiger charge is 2.28. The molecule has 1 N–H and O–H groups in total. The van der Waals surface area contributed by atoms with Crippen LogP contribution in [0.4, 0.5) is 0 Å². The monoisotopic (exact) mass is 293 g/mol. The number of rotatable bonds is 5. The van der Waals surface area contributed by atoms with E-state index in [1.165, 1.54) is 103 Å². The van der Waals surface area contributed by atoms with Gasteiger partial charge in [0.05, 0.1) is 0 Å². The molecule has 0 amide bonds. The van der Waals surface area contributed by atoms with Gasteiger partial charge in [-0.15, -0.1) is 0 Å². The maximum atomic E-state index is 3.83. The van der Waals surface area contributed by atoms with E-state index in [4.69, 9.17) is 0 Å². The molecule has 1 atom stereocenters. The highest BCUT2D eigenvalue weighted by atomic mass is 15.3. The summed E-state index contributed by atoms with van der Waals surface area (Å²) in [7, 11) is 0. The van der Waals surface area contributed by atoms with Crippen LogP contribution in [0.5, 0.6) is 0 Å². The van der Waals surface area contributed by atoms with Crippen LogP contribution in [0.15, 0.2) is 0 Å². The van der Waals surface area contributed by atoms with E-state index in [-0.39, 0.29) is 0 Å². The molecule has 2 heterocycles. The SMILES string of the molecule is C1CCCC(NCCN2CCC(N3CCCCC3)C2)CC1. The lowest BCUT2D eigenvalue weighted by Gasteiger charge is -2.32. The summed E-state index contributed by atoms with van der Waals surface area (Å²) >= 11 is 0. The molecule has 3 aliphatic rings. The summed E-state index contributed by atoms with van der Waals surface area (Å²) in [6.45, 7) is 7.84. The third-order valence-electron chi connectivity index (χ3n) is 5.87. The molecule has 21 heavy (non-hydrogen) atoms. The third kappa shape index (κ3) is 4.94. The second-order valence-corrected chi connectivity index (χ2v) is 7.48. The van der Waals surface area contributed by atoms with Crippen LogP contribution < -0.4 is 5.32 Å². The van der Waals surface area contributed by atoms with E-state index in [2.05, 4.69) is 15.1 Å². The Hall–Kier alpha value is -0.120. The summed E-state index contributed by atoms with van der Waals surface area (Å²) in [5.41, 5.74) is 0. The highest BCUT2D eigenvalue weighted by Crippen LogP contribution is 2.20. The standard InChI is InChI=1S/C18H35N3/c1-2-5-9-17(8-4-1)19-11-15-20-14-10-18(16-20)21-12-6-3-7-13-21/h17-19H,1-16H2. The number of hydrogen-bond acceptors (Lipinski definition) is 3. The van der Waals surface area contributed by atoms with Gasteiger partial charge in [0, 0.05) is 31.7 Å². The topological polar surface area (TPSA) is 18.5 Å². The molecule has 0 radical (unpaired) electrons. The Morgan fingerprint density at radius 3 is 2.24 bits per heavy atom. The van der Waals surface area contributed by atoms with Crippen molar-refractivity contribution in [2.24, 2.45) is 0 Å². The lowest BCUT2D eigenvalue weighted by atomic mass is 10.1. The van der Waals surface area contributed by atoms with Crippen molar-refractivity contribution in [2.45, 2.75) is 76.3 Å². The summed E-state index contributed by atoms with van der Waals surface area (Å²) in [6, 6.07) is 1.68. The van der Waals surface area contributed by atoms with Crippen LogP contribution in [-0.4, -0.2) is 61.2 Å². The summed E-state index contributed by atoms with van der Waals surface area (Å²) in [5, 5.41) is 3.83. The second kappa shape index (κ2) is 8.50. The molecule has 0 aromatic heterocycles. The fraction of sp³-hybridized carbons (Fsp3) is 1.00. The Morgan fingerprint density at radius 2 is 1.48 bits per heavy atom. The summed E-state index contributed by atoms with van der Waals surface area (Å²) in [4.78, 5) is 5.46. The molecule has 122 valence electrons. The predicted octanol–water partition coefficient (Wildman–Crippen LogP) is 2.86. The molecule has 1 unspecified atom stereocenters. The van der Waals surface area contributed by atoms with Crippen molar-refractivity contribution >= 4 is 0 Å². The first-order chi connectivity index (χ1) is 10.4. The normalized spacial score (nSPS) is 30.6. The van der Waals surface area contributed by atoms with Crippen molar-refractivity contribution in [1.82, 2.24) is 15.1 Å². The van der Waals surface area contributed by atoms with Crippen LogP contribution in [-0.2, 0) is 0 Å². The number of nitrogens with one attached hydrogen (secondary N) is 1. The fourth-order valence-corrected chi connectivity index (χ4v) is 4.51. The van der Waals surface area contributed by atoms with Gasteiger partial charge in [0.2, 0.25) is 0 Å². The van der Waals surface area contributed by atoms with Gasteiger partial charge in [-0.3, -0.25) is 4.90 Å². The average molecular weight is 293 g/mol. The molecule has 0 aromatic carbocycles. The zero-order chi connectivity index (χ0) is 14.3. The van der Waals surface area contributed by atoms with Crippen LogP contribution in [0.3, 0.4) is 0 Å². The van der Waals surface area contributed by atoms with E-state index in [0.717, 1.165) is 12.1 Å². The van der Waals surface area contributed by atoms with Crippen molar-refractivity contribution in [2.75, 3.05) is 39.3 Å². The number of nitrogens with zero attached hydrogens (tertiary/aromatic N) is 2. The van der Waals surface area contributed by atoms with E-state index in [1.54, 1.807) is 0 Å². The predicted molar refractivity (Wildman–Crippen MR) is 89.8 cm³/mol. The van der Waals surface area contributed by atoms with Gasteiger partial charge < -0.3 is 10.2 Å². The van der Waals surface area contributed by atoms with Crippen LogP contribution in [0.2, 0.25) is 0 Å². The van der Waals surface area contributed by atoms with Crippen molar-refractivity contribution in [3.8, 4) is 0 Å². The number of hydrogen-bond donors (Lipinski definition) is 1. The van der Waals surface area contributed by atoms with Crippen molar-refractivity contribution in [1.29, 1.82) is 0 Å². The first-order valence-corrected chi connectivity index (χ1v) is 9.61. The van der Waals surface area contributed by atoms with Crippen LogP contribution in [0, 0.1) is 0 Å². The molecule has 3 fully saturated rings. The highest BCUT2D eigenvalue weighted by molar-refractivity contribution is 4.85. The van der Waals surface area contributed by atoms with Gasteiger partial charge in [-0.1, -0.05) is 32.1 Å². The number of piperidine rings is 1. The lowest BCUT2D eigenvalue weighted by molar-refractivity contribution is 0.162. The van der Waals surface area contributed by atoms with Crippen LogP contribution in [0.1, 0.15) is 64.2 Å². The summed E-state index contributed by atoms with van der Waals surface area (Å²) < 4.78 is 0. The minimum Gasteiger partial charge on any atom is -0.313 e. The minimum atomic E-state index is 0.813. The molecule has 3 nitrogen and oxygen atoms in total. The fourth-order valence-electron chi connectivity index (χ4n) is 4.51. The Morgan fingerprint density at radius 1 is 0.762 bits per heavy atom. The molecule has 2 saturated heterocycles. The molecule has 0 bridgehead atoms. The molecule has 3 heteroatoms. The number of likely N-dealkylation sites (tertiary alicyclic amines) is 2. The Kier molecular flexibility index (Phi) is 6.38.